The topological polar surface area (TPSA) is 60.7 Å². The summed E-state index contributed by atoms with van der Waals surface area (Å²) in [5, 5.41) is 1.01. The van der Waals surface area contributed by atoms with E-state index in [0.29, 0.717) is 17.8 Å². The van der Waals surface area contributed by atoms with Crippen LogP contribution in [0.1, 0.15) is 48.7 Å². The molecule has 6 heteroatoms. The van der Waals surface area contributed by atoms with Gasteiger partial charge in [-0.2, -0.15) is 4.98 Å². The van der Waals surface area contributed by atoms with Crippen molar-refractivity contribution in [3.05, 3.63) is 70.9 Å². The molecule has 0 aliphatic heterocycles. The molecular weight excluding hydrogens is 408 g/mol. The number of aromatic nitrogens is 4. The lowest BCUT2D eigenvalue weighted by molar-refractivity contribution is 0.0941. The van der Waals surface area contributed by atoms with Gasteiger partial charge in [-0.3, -0.25) is 14.3 Å². The highest BCUT2D eigenvalue weighted by Gasteiger charge is 2.23. The van der Waals surface area contributed by atoms with Crippen LogP contribution in [0.4, 0.5) is 0 Å². The van der Waals surface area contributed by atoms with Crippen LogP contribution in [0.5, 0.6) is 0 Å². The zero-order chi connectivity index (χ0) is 22.3. The number of carbonyl (C=O) groups excluding carboxylic acids is 1. The first-order valence-corrected chi connectivity index (χ1v) is 10.6. The Labute approximate surface area is 187 Å². The first kappa shape index (κ1) is 21.2. The maximum absolute atomic E-state index is 13.3. The minimum Gasteiger partial charge on any atom is -0.299 e. The number of halogens is 1. The van der Waals surface area contributed by atoms with E-state index in [1.165, 1.54) is 0 Å². The van der Waals surface area contributed by atoms with Gasteiger partial charge in [-0.15, -0.1) is 0 Å². The fourth-order valence-corrected chi connectivity index (χ4v) is 4.07. The highest BCUT2D eigenvalue weighted by Crippen LogP contribution is 2.33. The van der Waals surface area contributed by atoms with Gasteiger partial charge in [-0.05, 0) is 54.1 Å². The van der Waals surface area contributed by atoms with Gasteiger partial charge in [-0.25, -0.2) is 4.98 Å². The van der Waals surface area contributed by atoms with Gasteiger partial charge in [0, 0.05) is 35.3 Å². The number of fused-ring (bicyclic) bond motifs is 1. The summed E-state index contributed by atoms with van der Waals surface area (Å²) in [6.07, 6.45) is 5.69. The maximum Gasteiger partial charge on any atom is 0.224 e. The second-order valence-electron chi connectivity index (χ2n) is 9.11. The Morgan fingerprint density at radius 3 is 2.45 bits per heavy atom. The molecule has 0 spiro atoms. The first-order valence-electron chi connectivity index (χ1n) is 10.2. The number of hydrogen-bond acceptors (Lipinski definition) is 4. The third kappa shape index (κ3) is 4.23. The van der Waals surface area contributed by atoms with E-state index in [1.807, 2.05) is 22.9 Å². The Hall–Kier alpha value is -3.05. The number of rotatable bonds is 4. The molecule has 0 saturated carbocycles. The largest absolute Gasteiger partial charge is 0.299 e. The van der Waals surface area contributed by atoms with Crippen molar-refractivity contribution in [2.24, 2.45) is 5.41 Å². The Balaban J connectivity index is 1.96. The highest BCUT2D eigenvalue weighted by atomic mass is 35.5. The van der Waals surface area contributed by atoms with Crippen molar-refractivity contribution in [3.8, 4) is 17.1 Å². The van der Waals surface area contributed by atoms with Crippen molar-refractivity contribution < 1.29 is 4.79 Å². The lowest BCUT2D eigenvalue weighted by atomic mass is 9.87. The molecule has 0 amide bonds. The summed E-state index contributed by atoms with van der Waals surface area (Å²) >= 11 is 6.02. The van der Waals surface area contributed by atoms with Crippen molar-refractivity contribution in [2.75, 3.05) is 0 Å². The van der Waals surface area contributed by atoms with Gasteiger partial charge in [0.1, 0.15) is 5.82 Å². The molecule has 0 saturated heterocycles. The van der Waals surface area contributed by atoms with Crippen LogP contribution in [-0.4, -0.2) is 25.3 Å². The number of aryl methyl sites for hydroxylation is 2. The molecule has 3 heterocycles. The van der Waals surface area contributed by atoms with E-state index in [-0.39, 0.29) is 16.5 Å². The summed E-state index contributed by atoms with van der Waals surface area (Å²) in [5.41, 5.74) is 5.60. The van der Waals surface area contributed by atoms with E-state index in [9.17, 15) is 4.79 Å². The number of benzene rings is 1. The average molecular weight is 433 g/mol. The van der Waals surface area contributed by atoms with Crippen LogP contribution in [0.25, 0.3) is 28.0 Å². The second-order valence-corrected chi connectivity index (χ2v) is 9.45. The number of nitrogens with zero attached hydrogens (tertiary/aromatic N) is 4. The maximum atomic E-state index is 13.3. The quantitative estimate of drug-likeness (QED) is 0.277. The fraction of sp³-hybridized carbons (Fsp3) is 0.280. The molecule has 4 aromatic rings. The summed E-state index contributed by atoms with van der Waals surface area (Å²) < 4.78 is 1.86. The Morgan fingerprint density at radius 2 is 1.81 bits per heavy atom. The van der Waals surface area contributed by atoms with Crippen LogP contribution in [0.15, 0.2) is 48.9 Å². The minimum absolute atomic E-state index is 0.0926. The van der Waals surface area contributed by atoms with Gasteiger partial charge in [0.05, 0.1) is 17.4 Å². The number of ketones is 1. The lowest BCUT2D eigenvalue weighted by Gasteiger charge is -2.16. The summed E-state index contributed by atoms with van der Waals surface area (Å²) in [6, 6.07) is 9.98. The smallest absolute Gasteiger partial charge is 0.224 e. The van der Waals surface area contributed by atoms with Crippen molar-refractivity contribution in [1.82, 2.24) is 19.5 Å². The normalized spacial score (nSPS) is 11.8. The van der Waals surface area contributed by atoms with Gasteiger partial charge in [-0.1, -0.05) is 39.0 Å². The monoisotopic (exact) mass is 432 g/mol. The van der Waals surface area contributed by atoms with Crippen molar-refractivity contribution >= 4 is 28.3 Å². The second kappa shape index (κ2) is 7.89. The van der Waals surface area contributed by atoms with E-state index >= 15 is 0 Å². The molecule has 0 atom stereocenters. The Bertz CT molecular complexity index is 1280. The van der Waals surface area contributed by atoms with Crippen LogP contribution in [0.3, 0.4) is 0 Å². The number of pyridine rings is 1. The number of hydrogen-bond donors (Lipinski definition) is 0. The molecular formula is C25H25ClN4O. The molecule has 0 fully saturated rings. The minimum atomic E-state index is -0.119. The van der Waals surface area contributed by atoms with Gasteiger partial charge in [0.25, 0.3) is 0 Å². The molecule has 31 heavy (non-hydrogen) atoms. The van der Waals surface area contributed by atoms with Crippen LogP contribution < -0.4 is 0 Å². The zero-order valence-electron chi connectivity index (χ0n) is 18.4. The van der Waals surface area contributed by atoms with Crippen molar-refractivity contribution in [3.63, 3.8) is 0 Å². The van der Waals surface area contributed by atoms with Gasteiger partial charge >= 0.3 is 0 Å². The van der Waals surface area contributed by atoms with Gasteiger partial charge in [0.15, 0.2) is 5.78 Å². The molecule has 0 N–H and O–H groups in total. The van der Waals surface area contributed by atoms with Crippen molar-refractivity contribution in [1.29, 1.82) is 0 Å². The van der Waals surface area contributed by atoms with E-state index < -0.39 is 0 Å². The lowest BCUT2D eigenvalue weighted by Crippen LogP contribution is -2.12. The van der Waals surface area contributed by atoms with E-state index in [1.54, 1.807) is 18.5 Å². The van der Waals surface area contributed by atoms with Crippen LogP contribution in [0, 0.1) is 19.3 Å². The average Bonchev–Trinajstić information content (AvgIpc) is 3.06. The zero-order valence-corrected chi connectivity index (χ0v) is 19.2. The Kier molecular flexibility index (Phi) is 5.40. The summed E-state index contributed by atoms with van der Waals surface area (Å²) in [4.78, 5) is 26.3. The third-order valence-corrected chi connectivity index (χ3v) is 5.46. The standard InChI is InChI=1S/C25H25ClN4O/c1-15-7-6-8-16(2)23(15)19-11-17-18(21(31)12-25(3,4)5)14-30(20(17)13-28-19)22-9-10-27-24(26)29-22/h6-11,13-14H,12H2,1-5H3. The van der Waals surface area contributed by atoms with Crippen LogP contribution >= 0.6 is 11.6 Å². The van der Waals surface area contributed by atoms with E-state index in [4.69, 9.17) is 16.6 Å². The predicted octanol–water partition coefficient (Wildman–Crippen LogP) is 6.37. The molecule has 4 rings (SSSR count). The molecule has 158 valence electrons. The molecule has 1 aromatic carbocycles. The number of Topliss-reactive ketones (excluding diaryl/α,β-unsaturated/α-hetero) is 1. The van der Waals surface area contributed by atoms with E-state index in [0.717, 1.165) is 33.3 Å². The van der Waals surface area contributed by atoms with Gasteiger partial charge in [0.2, 0.25) is 5.28 Å². The third-order valence-electron chi connectivity index (χ3n) is 5.28. The predicted molar refractivity (Wildman–Crippen MR) is 125 cm³/mol. The molecule has 3 aromatic heterocycles. The highest BCUT2D eigenvalue weighted by molar-refractivity contribution is 6.28. The number of carbonyl (C=O) groups is 1. The molecule has 0 aliphatic carbocycles. The molecule has 0 bridgehead atoms. The van der Waals surface area contributed by atoms with E-state index in [2.05, 4.69) is 56.7 Å². The van der Waals surface area contributed by atoms with Gasteiger partial charge < -0.3 is 0 Å². The molecule has 0 radical (unpaired) electrons. The molecule has 0 aliphatic rings. The summed E-state index contributed by atoms with van der Waals surface area (Å²) in [6.45, 7) is 10.4. The van der Waals surface area contributed by atoms with Crippen LogP contribution in [0.2, 0.25) is 5.28 Å². The molecule has 5 nitrogen and oxygen atoms in total. The Morgan fingerprint density at radius 1 is 1.10 bits per heavy atom. The fourth-order valence-electron chi connectivity index (χ4n) is 3.93. The summed E-state index contributed by atoms with van der Waals surface area (Å²) in [7, 11) is 0. The summed E-state index contributed by atoms with van der Waals surface area (Å²) in [5.74, 6) is 0.691. The van der Waals surface area contributed by atoms with Crippen molar-refractivity contribution in [2.45, 2.75) is 41.0 Å². The first-order chi connectivity index (χ1) is 14.6. The SMILES string of the molecule is Cc1cccc(C)c1-c1cc2c(C(=O)CC(C)(C)C)cn(-c3ccnc(Cl)n3)c2cn1. The van der Waals surface area contributed by atoms with Crippen LogP contribution in [-0.2, 0) is 0 Å². The molecule has 0 unspecified atom stereocenters.